The van der Waals surface area contributed by atoms with Gasteiger partial charge in [-0.05, 0) is 24.6 Å². The smallest absolute Gasteiger partial charge is 0.247 e. The second-order valence-electron chi connectivity index (χ2n) is 7.59. The van der Waals surface area contributed by atoms with Gasteiger partial charge in [-0.3, -0.25) is 4.79 Å². The summed E-state index contributed by atoms with van der Waals surface area (Å²) in [4.78, 5) is 14.8. The summed E-state index contributed by atoms with van der Waals surface area (Å²) in [5, 5.41) is 8.49. The number of likely N-dealkylation sites (tertiary alicyclic amines) is 1. The van der Waals surface area contributed by atoms with Crippen LogP contribution in [-0.4, -0.2) is 47.8 Å². The number of rotatable bonds is 6. The zero-order valence-electron chi connectivity index (χ0n) is 16.7. The quantitative estimate of drug-likeness (QED) is 0.644. The fourth-order valence-electron chi connectivity index (χ4n) is 3.81. The van der Waals surface area contributed by atoms with E-state index < -0.39 is 0 Å². The molecular weight excluding hydrogens is 366 g/mol. The second kappa shape index (κ2) is 8.57. The molecule has 2 heterocycles. The van der Waals surface area contributed by atoms with Gasteiger partial charge in [0.05, 0.1) is 18.9 Å². The maximum atomic E-state index is 12.9. The molecule has 3 aromatic rings. The minimum Gasteiger partial charge on any atom is -0.420 e. The summed E-state index contributed by atoms with van der Waals surface area (Å²) >= 11 is 0. The Balaban J connectivity index is 1.49. The molecular formula is C23H25N3O3. The number of amides is 1. The highest BCUT2D eigenvalue weighted by Gasteiger charge is 2.39. The molecule has 1 saturated heterocycles. The number of aryl methyl sites for hydroxylation is 1. The first-order chi connectivity index (χ1) is 14.1. The molecule has 0 N–H and O–H groups in total. The molecule has 2 atom stereocenters. The molecule has 0 spiro atoms. The Bertz CT molecular complexity index is 953. The molecule has 2 unspecified atom stereocenters. The van der Waals surface area contributed by atoms with Crippen LogP contribution in [0.5, 0.6) is 0 Å². The molecule has 2 aromatic carbocycles. The zero-order valence-corrected chi connectivity index (χ0v) is 16.7. The van der Waals surface area contributed by atoms with Gasteiger partial charge in [0.15, 0.2) is 0 Å². The van der Waals surface area contributed by atoms with Crippen molar-refractivity contribution in [3.8, 4) is 11.5 Å². The Labute approximate surface area is 170 Å². The highest BCUT2D eigenvalue weighted by molar-refractivity contribution is 5.79. The molecule has 0 saturated carbocycles. The van der Waals surface area contributed by atoms with Crippen LogP contribution in [0.15, 0.2) is 59.0 Å². The van der Waals surface area contributed by atoms with E-state index in [1.165, 1.54) is 5.56 Å². The minimum atomic E-state index is -0.0260. The summed E-state index contributed by atoms with van der Waals surface area (Å²) < 4.78 is 11.4. The SMILES string of the molecule is COCC1CN(C(=O)Cc2ccc(C)cc2)CC1c1nnc(-c2ccccc2)o1. The highest BCUT2D eigenvalue weighted by atomic mass is 16.5. The predicted octanol–water partition coefficient (Wildman–Crippen LogP) is 3.48. The molecule has 150 valence electrons. The fraction of sp³-hybridized carbons (Fsp3) is 0.348. The third-order valence-corrected chi connectivity index (χ3v) is 5.43. The summed E-state index contributed by atoms with van der Waals surface area (Å²) in [5.41, 5.74) is 3.10. The molecule has 4 rings (SSSR count). The molecule has 0 radical (unpaired) electrons. The van der Waals surface area contributed by atoms with Crippen LogP contribution in [0.25, 0.3) is 11.5 Å². The number of aromatic nitrogens is 2. The summed E-state index contributed by atoms with van der Waals surface area (Å²) in [5.74, 6) is 1.28. The maximum Gasteiger partial charge on any atom is 0.247 e. The third kappa shape index (κ3) is 4.38. The van der Waals surface area contributed by atoms with Crippen molar-refractivity contribution in [2.45, 2.75) is 19.3 Å². The van der Waals surface area contributed by atoms with Gasteiger partial charge >= 0.3 is 0 Å². The number of hydrogen-bond acceptors (Lipinski definition) is 5. The van der Waals surface area contributed by atoms with Crippen molar-refractivity contribution < 1.29 is 13.9 Å². The van der Waals surface area contributed by atoms with Crippen LogP contribution >= 0.6 is 0 Å². The molecule has 29 heavy (non-hydrogen) atoms. The number of carbonyl (C=O) groups is 1. The van der Waals surface area contributed by atoms with E-state index >= 15 is 0 Å². The monoisotopic (exact) mass is 391 g/mol. The van der Waals surface area contributed by atoms with E-state index in [4.69, 9.17) is 9.15 Å². The number of ether oxygens (including phenoxy) is 1. The Kier molecular flexibility index (Phi) is 5.71. The van der Waals surface area contributed by atoms with Crippen molar-refractivity contribution in [3.05, 3.63) is 71.6 Å². The molecule has 6 heteroatoms. The second-order valence-corrected chi connectivity index (χ2v) is 7.59. The normalized spacial score (nSPS) is 18.9. The van der Waals surface area contributed by atoms with E-state index in [-0.39, 0.29) is 17.7 Å². The van der Waals surface area contributed by atoms with Crippen molar-refractivity contribution >= 4 is 5.91 Å². The first-order valence-corrected chi connectivity index (χ1v) is 9.85. The summed E-state index contributed by atoms with van der Waals surface area (Å²) in [6, 6.07) is 17.8. The summed E-state index contributed by atoms with van der Waals surface area (Å²) in [6.45, 7) is 3.78. The van der Waals surface area contributed by atoms with Gasteiger partial charge in [0.2, 0.25) is 17.7 Å². The van der Waals surface area contributed by atoms with Gasteiger partial charge in [-0.15, -0.1) is 10.2 Å². The predicted molar refractivity (Wildman–Crippen MR) is 109 cm³/mol. The average Bonchev–Trinajstić information content (AvgIpc) is 3.38. The van der Waals surface area contributed by atoms with E-state index in [0.717, 1.165) is 11.1 Å². The largest absolute Gasteiger partial charge is 0.420 e. The molecule has 0 bridgehead atoms. The van der Waals surface area contributed by atoms with Crippen LogP contribution in [0, 0.1) is 12.8 Å². The van der Waals surface area contributed by atoms with Crippen molar-refractivity contribution in [3.63, 3.8) is 0 Å². The van der Waals surface area contributed by atoms with Gasteiger partial charge in [-0.25, -0.2) is 0 Å². The van der Waals surface area contributed by atoms with Crippen LogP contribution < -0.4 is 0 Å². The van der Waals surface area contributed by atoms with Crippen LogP contribution in [-0.2, 0) is 16.0 Å². The Morgan fingerprint density at radius 3 is 2.59 bits per heavy atom. The number of nitrogens with zero attached hydrogens (tertiary/aromatic N) is 3. The van der Waals surface area contributed by atoms with Crippen LogP contribution in [0.3, 0.4) is 0 Å². The number of carbonyl (C=O) groups excluding carboxylic acids is 1. The Morgan fingerprint density at radius 2 is 1.86 bits per heavy atom. The summed E-state index contributed by atoms with van der Waals surface area (Å²) in [6.07, 6.45) is 0.395. The van der Waals surface area contributed by atoms with E-state index in [9.17, 15) is 4.79 Å². The van der Waals surface area contributed by atoms with Gasteiger partial charge in [0.1, 0.15) is 0 Å². The Hall–Kier alpha value is -2.99. The maximum absolute atomic E-state index is 12.9. The molecule has 1 aliphatic rings. The molecule has 1 aliphatic heterocycles. The number of hydrogen-bond donors (Lipinski definition) is 0. The standard InChI is InChI=1S/C23H25N3O3/c1-16-8-10-17(11-9-16)12-21(27)26-13-19(15-28-2)20(14-26)23-25-24-22(29-23)18-6-4-3-5-7-18/h3-11,19-20H,12-15H2,1-2H3. The lowest BCUT2D eigenvalue weighted by Gasteiger charge is -2.16. The number of methoxy groups -OCH3 is 1. The van der Waals surface area contributed by atoms with Crippen LogP contribution in [0.1, 0.15) is 22.9 Å². The Morgan fingerprint density at radius 1 is 1.10 bits per heavy atom. The fourth-order valence-corrected chi connectivity index (χ4v) is 3.81. The lowest BCUT2D eigenvalue weighted by atomic mass is 9.97. The van der Waals surface area contributed by atoms with Gasteiger partial charge < -0.3 is 14.1 Å². The van der Waals surface area contributed by atoms with E-state index in [1.54, 1.807) is 7.11 Å². The van der Waals surface area contributed by atoms with Gasteiger partial charge in [0.25, 0.3) is 0 Å². The molecule has 0 aliphatic carbocycles. The summed E-state index contributed by atoms with van der Waals surface area (Å²) in [7, 11) is 1.68. The first-order valence-electron chi connectivity index (χ1n) is 9.85. The first kappa shape index (κ1) is 19.3. The number of benzene rings is 2. The topological polar surface area (TPSA) is 68.5 Å². The van der Waals surface area contributed by atoms with Crippen molar-refractivity contribution in [1.82, 2.24) is 15.1 Å². The highest BCUT2D eigenvalue weighted by Crippen LogP contribution is 2.34. The van der Waals surface area contributed by atoms with Gasteiger partial charge in [0, 0.05) is 31.7 Å². The third-order valence-electron chi connectivity index (χ3n) is 5.43. The van der Waals surface area contributed by atoms with Crippen molar-refractivity contribution in [2.24, 2.45) is 5.92 Å². The van der Waals surface area contributed by atoms with Crippen LogP contribution in [0.4, 0.5) is 0 Å². The van der Waals surface area contributed by atoms with E-state index in [2.05, 4.69) is 10.2 Å². The van der Waals surface area contributed by atoms with Gasteiger partial charge in [-0.1, -0.05) is 48.0 Å². The molecule has 1 amide bonds. The van der Waals surface area contributed by atoms with E-state index in [1.807, 2.05) is 66.4 Å². The lowest BCUT2D eigenvalue weighted by Crippen LogP contribution is -2.30. The van der Waals surface area contributed by atoms with E-state index in [0.29, 0.717) is 37.9 Å². The lowest BCUT2D eigenvalue weighted by molar-refractivity contribution is -0.129. The molecule has 1 aromatic heterocycles. The van der Waals surface area contributed by atoms with Gasteiger partial charge in [-0.2, -0.15) is 0 Å². The zero-order chi connectivity index (χ0) is 20.2. The molecule has 1 fully saturated rings. The van der Waals surface area contributed by atoms with Crippen molar-refractivity contribution in [1.29, 1.82) is 0 Å². The minimum absolute atomic E-state index is 0.0260. The van der Waals surface area contributed by atoms with Crippen molar-refractivity contribution in [2.75, 3.05) is 26.8 Å². The van der Waals surface area contributed by atoms with Crippen LogP contribution in [0.2, 0.25) is 0 Å². The average molecular weight is 391 g/mol. The molecule has 6 nitrogen and oxygen atoms in total.